The van der Waals surface area contributed by atoms with Gasteiger partial charge in [-0.05, 0) is 23.9 Å². The van der Waals surface area contributed by atoms with Crippen LogP contribution < -0.4 is 5.73 Å². The fourth-order valence-electron chi connectivity index (χ4n) is 2.81. The van der Waals surface area contributed by atoms with Gasteiger partial charge in [-0.25, -0.2) is 0 Å². The molecule has 0 saturated carbocycles. The highest BCUT2D eigenvalue weighted by Gasteiger charge is 2.44. The van der Waals surface area contributed by atoms with Crippen LogP contribution in [-0.4, -0.2) is 36.6 Å². The van der Waals surface area contributed by atoms with E-state index in [0.717, 1.165) is 6.42 Å². The smallest absolute Gasteiger partial charge is 0.342 e. The molecule has 122 valence electrons. The Bertz CT molecular complexity index is 518. The monoisotopic (exact) mass is 314 g/mol. The molecule has 1 aliphatic rings. The van der Waals surface area contributed by atoms with E-state index < -0.39 is 24.4 Å². The minimum absolute atomic E-state index is 0.129. The van der Waals surface area contributed by atoms with Crippen molar-refractivity contribution in [2.75, 3.05) is 19.6 Å². The van der Waals surface area contributed by atoms with Gasteiger partial charge in [0.15, 0.2) is 0 Å². The standard InChI is InChI=1S/C16H21F3N2O/c1-15(10-20)7-8-21(11-15)14(22)9-13(16(17,18)19)12-5-3-2-4-6-12/h2-6,13H,7-11,20H2,1H3. The van der Waals surface area contributed by atoms with Crippen molar-refractivity contribution in [2.45, 2.75) is 31.9 Å². The van der Waals surface area contributed by atoms with Crippen LogP contribution in [0.4, 0.5) is 13.2 Å². The Morgan fingerprint density at radius 2 is 2.00 bits per heavy atom. The summed E-state index contributed by atoms with van der Waals surface area (Å²) in [7, 11) is 0. The molecule has 2 N–H and O–H groups in total. The van der Waals surface area contributed by atoms with Crippen molar-refractivity contribution in [3.05, 3.63) is 35.9 Å². The van der Waals surface area contributed by atoms with E-state index in [2.05, 4.69) is 0 Å². The highest BCUT2D eigenvalue weighted by molar-refractivity contribution is 5.77. The third-order valence-corrected chi connectivity index (χ3v) is 4.38. The molecule has 0 spiro atoms. The third-order valence-electron chi connectivity index (χ3n) is 4.38. The van der Waals surface area contributed by atoms with Gasteiger partial charge < -0.3 is 10.6 Å². The van der Waals surface area contributed by atoms with Crippen LogP contribution in [0, 0.1) is 5.41 Å². The Kier molecular flexibility index (Phi) is 4.80. The summed E-state index contributed by atoms with van der Waals surface area (Å²) in [4.78, 5) is 13.8. The van der Waals surface area contributed by atoms with Crippen LogP contribution in [0.5, 0.6) is 0 Å². The number of benzene rings is 1. The Morgan fingerprint density at radius 1 is 1.36 bits per heavy atom. The number of amides is 1. The number of hydrogen-bond acceptors (Lipinski definition) is 2. The van der Waals surface area contributed by atoms with Gasteiger partial charge in [-0.3, -0.25) is 4.79 Å². The summed E-state index contributed by atoms with van der Waals surface area (Å²) in [5.74, 6) is -2.21. The molecule has 2 unspecified atom stereocenters. The Hall–Kier alpha value is -1.56. The van der Waals surface area contributed by atoms with Crippen molar-refractivity contribution in [1.82, 2.24) is 4.90 Å². The minimum Gasteiger partial charge on any atom is -0.342 e. The van der Waals surface area contributed by atoms with E-state index in [-0.39, 0.29) is 11.0 Å². The molecule has 22 heavy (non-hydrogen) atoms. The zero-order valence-corrected chi connectivity index (χ0v) is 12.6. The van der Waals surface area contributed by atoms with Gasteiger partial charge in [0.05, 0.1) is 5.92 Å². The van der Waals surface area contributed by atoms with Crippen LogP contribution in [0.25, 0.3) is 0 Å². The van der Waals surface area contributed by atoms with E-state index in [1.165, 1.54) is 17.0 Å². The zero-order valence-electron chi connectivity index (χ0n) is 12.6. The van der Waals surface area contributed by atoms with Crippen molar-refractivity contribution in [3.63, 3.8) is 0 Å². The summed E-state index contributed by atoms with van der Waals surface area (Å²) in [5, 5.41) is 0. The summed E-state index contributed by atoms with van der Waals surface area (Å²) in [6.07, 6.45) is -4.25. The quantitative estimate of drug-likeness (QED) is 0.929. The van der Waals surface area contributed by atoms with E-state index in [1.807, 2.05) is 6.92 Å². The molecular weight excluding hydrogens is 293 g/mol. The second-order valence-electron chi connectivity index (χ2n) is 6.29. The summed E-state index contributed by atoms with van der Waals surface area (Å²) in [5.41, 5.74) is 5.62. The molecule has 0 aliphatic carbocycles. The molecule has 3 nitrogen and oxygen atoms in total. The molecule has 1 fully saturated rings. The lowest BCUT2D eigenvalue weighted by Gasteiger charge is -2.25. The van der Waals surface area contributed by atoms with E-state index >= 15 is 0 Å². The number of carbonyl (C=O) groups excluding carboxylic acids is 1. The molecular formula is C16H21F3N2O. The molecule has 1 amide bonds. The maximum absolute atomic E-state index is 13.3. The van der Waals surface area contributed by atoms with Gasteiger partial charge in [0.2, 0.25) is 5.91 Å². The van der Waals surface area contributed by atoms with Gasteiger partial charge >= 0.3 is 6.18 Å². The van der Waals surface area contributed by atoms with Gasteiger partial charge in [0.25, 0.3) is 0 Å². The first-order valence-electron chi connectivity index (χ1n) is 7.35. The minimum atomic E-state index is -4.44. The summed E-state index contributed by atoms with van der Waals surface area (Å²) in [6.45, 7) is 3.30. The molecule has 0 bridgehead atoms. The summed E-state index contributed by atoms with van der Waals surface area (Å²) < 4.78 is 39.8. The van der Waals surface area contributed by atoms with Crippen LogP contribution in [0.2, 0.25) is 0 Å². The van der Waals surface area contributed by atoms with Gasteiger partial charge in [-0.15, -0.1) is 0 Å². The van der Waals surface area contributed by atoms with Gasteiger partial charge in [0.1, 0.15) is 0 Å². The molecule has 2 rings (SSSR count). The van der Waals surface area contributed by atoms with E-state index in [9.17, 15) is 18.0 Å². The molecule has 1 saturated heterocycles. The molecule has 1 aromatic carbocycles. The molecule has 1 heterocycles. The van der Waals surface area contributed by atoms with Crippen LogP contribution in [0.3, 0.4) is 0 Å². The zero-order chi connectivity index (χ0) is 16.4. The second kappa shape index (κ2) is 6.28. The lowest BCUT2D eigenvalue weighted by atomic mass is 9.90. The number of nitrogens with zero attached hydrogens (tertiary/aromatic N) is 1. The lowest BCUT2D eigenvalue weighted by molar-refractivity contribution is -0.160. The number of carbonyl (C=O) groups is 1. The first-order chi connectivity index (χ1) is 10.2. The largest absolute Gasteiger partial charge is 0.396 e. The number of rotatable bonds is 4. The number of halogens is 3. The molecule has 2 atom stereocenters. The van der Waals surface area contributed by atoms with Crippen molar-refractivity contribution in [2.24, 2.45) is 11.1 Å². The summed E-state index contributed by atoms with van der Waals surface area (Å²) >= 11 is 0. The molecule has 1 aliphatic heterocycles. The number of likely N-dealkylation sites (tertiary alicyclic amines) is 1. The predicted octanol–water partition coefficient (Wildman–Crippen LogP) is 2.92. The Morgan fingerprint density at radius 3 is 2.50 bits per heavy atom. The molecule has 6 heteroatoms. The summed E-state index contributed by atoms with van der Waals surface area (Å²) in [6, 6.07) is 7.60. The normalized spacial score (nSPS) is 23.6. The van der Waals surface area contributed by atoms with Crippen molar-refractivity contribution in [1.29, 1.82) is 0 Å². The number of alkyl halides is 3. The fourth-order valence-corrected chi connectivity index (χ4v) is 2.81. The maximum Gasteiger partial charge on any atom is 0.396 e. The van der Waals surface area contributed by atoms with Gasteiger partial charge in [-0.1, -0.05) is 37.3 Å². The van der Waals surface area contributed by atoms with Crippen molar-refractivity contribution in [3.8, 4) is 0 Å². The van der Waals surface area contributed by atoms with Crippen molar-refractivity contribution >= 4 is 5.91 Å². The van der Waals surface area contributed by atoms with Crippen LogP contribution in [0.15, 0.2) is 30.3 Å². The van der Waals surface area contributed by atoms with Gasteiger partial charge in [0, 0.05) is 19.5 Å². The average Bonchev–Trinajstić information content (AvgIpc) is 2.88. The highest BCUT2D eigenvalue weighted by atomic mass is 19.4. The lowest BCUT2D eigenvalue weighted by Crippen LogP contribution is -2.36. The molecule has 0 radical (unpaired) electrons. The van der Waals surface area contributed by atoms with Crippen LogP contribution in [-0.2, 0) is 4.79 Å². The maximum atomic E-state index is 13.3. The molecule has 0 aromatic heterocycles. The predicted molar refractivity (Wildman–Crippen MR) is 78.2 cm³/mol. The first kappa shape index (κ1) is 16.8. The Labute approximate surface area is 128 Å². The second-order valence-corrected chi connectivity index (χ2v) is 6.29. The average molecular weight is 314 g/mol. The number of hydrogen-bond donors (Lipinski definition) is 1. The van der Waals surface area contributed by atoms with E-state index in [0.29, 0.717) is 19.6 Å². The van der Waals surface area contributed by atoms with E-state index in [1.54, 1.807) is 18.2 Å². The first-order valence-corrected chi connectivity index (χ1v) is 7.35. The SMILES string of the molecule is CC1(CN)CCN(C(=O)CC(c2ccccc2)C(F)(F)F)C1. The third kappa shape index (κ3) is 3.80. The Balaban J connectivity index is 2.10. The molecule has 1 aromatic rings. The van der Waals surface area contributed by atoms with Gasteiger partial charge in [-0.2, -0.15) is 13.2 Å². The highest BCUT2D eigenvalue weighted by Crippen LogP contribution is 2.38. The van der Waals surface area contributed by atoms with Crippen molar-refractivity contribution < 1.29 is 18.0 Å². The van der Waals surface area contributed by atoms with Crippen LogP contribution in [0.1, 0.15) is 31.2 Å². The van der Waals surface area contributed by atoms with E-state index in [4.69, 9.17) is 5.73 Å². The van der Waals surface area contributed by atoms with Crippen LogP contribution >= 0.6 is 0 Å². The topological polar surface area (TPSA) is 46.3 Å². The fraction of sp³-hybridized carbons (Fsp3) is 0.562. The number of nitrogens with two attached hydrogens (primary N) is 1.